The van der Waals surface area contributed by atoms with E-state index in [9.17, 15) is 4.79 Å². The van der Waals surface area contributed by atoms with Crippen molar-refractivity contribution in [2.24, 2.45) is 0 Å². The Bertz CT molecular complexity index is 138. The van der Waals surface area contributed by atoms with Gasteiger partial charge in [-0.05, 0) is 25.8 Å². The molecule has 58 valence electrons. The quantitative estimate of drug-likeness (QED) is 0.491. The van der Waals surface area contributed by atoms with Gasteiger partial charge in [-0.2, -0.15) is 0 Å². The van der Waals surface area contributed by atoms with Gasteiger partial charge in [0.1, 0.15) is 0 Å². The zero-order valence-corrected chi connectivity index (χ0v) is 7.45. The van der Waals surface area contributed by atoms with E-state index in [0.29, 0.717) is 0 Å². The third-order valence-electron chi connectivity index (χ3n) is 1.29. The molecule has 0 aliphatic carbocycles. The SMILES string of the molecule is CCCCC(C)=CC(=O)S. The molecule has 0 aliphatic rings. The number of hydrogen-bond acceptors (Lipinski definition) is 1. The molecular formula is C8H14OS. The molecule has 0 aliphatic heterocycles. The molecule has 0 unspecified atom stereocenters. The van der Waals surface area contributed by atoms with E-state index < -0.39 is 0 Å². The number of allylic oxidation sites excluding steroid dienone is 1. The molecule has 0 aromatic carbocycles. The molecule has 0 N–H and O–H groups in total. The first-order valence-electron chi connectivity index (χ1n) is 3.57. The molecule has 2 heteroatoms. The van der Waals surface area contributed by atoms with Gasteiger partial charge in [0.25, 0.3) is 0 Å². The highest BCUT2D eigenvalue weighted by molar-refractivity contribution is 7.97. The van der Waals surface area contributed by atoms with E-state index in [1.165, 1.54) is 6.42 Å². The molecule has 1 nitrogen and oxygen atoms in total. The zero-order valence-electron chi connectivity index (χ0n) is 6.55. The summed E-state index contributed by atoms with van der Waals surface area (Å²) in [7, 11) is 0. The van der Waals surface area contributed by atoms with Crippen LogP contribution in [0.1, 0.15) is 33.1 Å². The summed E-state index contributed by atoms with van der Waals surface area (Å²) >= 11 is 3.64. The summed E-state index contributed by atoms with van der Waals surface area (Å²) in [6, 6.07) is 0. The Kier molecular flexibility index (Phi) is 5.40. The average molecular weight is 158 g/mol. The van der Waals surface area contributed by atoms with Gasteiger partial charge in [-0.1, -0.05) is 18.9 Å². The minimum atomic E-state index is -0.145. The Morgan fingerprint density at radius 1 is 1.60 bits per heavy atom. The Hall–Kier alpha value is -0.240. The molecular weight excluding hydrogens is 144 g/mol. The fourth-order valence-electron chi connectivity index (χ4n) is 0.739. The van der Waals surface area contributed by atoms with Gasteiger partial charge in [0.05, 0.1) is 0 Å². The van der Waals surface area contributed by atoms with Crippen LogP contribution in [0.2, 0.25) is 0 Å². The molecule has 0 saturated carbocycles. The summed E-state index contributed by atoms with van der Waals surface area (Å²) in [5.41, 5.74) is 1.13. The highest BCUT2D eigenvalue weighted by atomic mass is 32.1. The van der Waals surface area contributed by atoms with Gasteiger partial charge >= 0.3 is 0 Å². The lowest BCUT2D eigenvalue weighted by atomic mass is 10.1. The van der Waals surface area contributed by atoms with Gasteiger partial charge in [-0.3, -0.25) is 4.79 Å². The van der Waals surface area contributed by atoms with Gasteiger partial charge in [0, 0.05) is 0 Å². The smallest absolute Gasteiger partial charge is 0.209 e. The van der Waals surface area contributed by atoms with Crippen molar-refractivity contribution < 1.29 is 4.79 Å². The standard InChI is InChI=1S/C8H14OS/c1-3-4-5-7(2)6-8(9)10/h6H,3-5H2,1-2H3,(H,9,10). The van der Waals surface area contributed by atoms with Crippen LogP contribution in [0.3, 0.4) is 0 Å². The van der Waals surface area contributed by atoms with E-state index in [-0.39, 0.29) is 5.12 Å². The second kappa shape index (κ2) is 5.54. The van der Waals surface area contributed by atoms with Crippen molar-refractivity contribution in [3.8, 4) is 0 Å². The summed E-state index contributed by atoms with van der Waals surface area (Å²) in [6.07, 6.45) is 4.93. The zero-order chi connectivity index (χ0) is 7.98. The van der Waals surface area contributed by atoms with Crippen LogP contribution in [0.15, 0.2) is 11.6 Å². The molecule has 10 heavy (non-hydrogen) atoms. The first kappa shape index (κ1) is 9.76. The highest BCUT2D eigenvalue weighted by Gasteiger charge is 1.91. The van der Waals surface area contributed by atoms with Gasteiger partial charge in [0.15, 0.2) is 0 Å². The van der Waals surface area contributed by atoms with E-state index in [2.05, 4.69) is 19.6 Å². The lowest BCUT2D eigenvalue weighted by Gasteiger charge is -1.95. The molecule has 0 heterocycles. The van der Waals surface area contributed by atoms with Crippen molar-refractivity contribution in [3.63, 3.8) is 0 Å². The Labute approximate surface area is 67.9 Å². The summed E-state index contributed by atoms with van der Waals surface area (Å²) in [4.78, 5) is 10.4. The number of unbranched alkanes of at least 4 members (excludes halogenated alkanes) is 1. The number of carbonyl (C=O) groups is 1. The number of rotatable bonds is 4. The van der Waals surface area contributed by atoms with E-state index in [1.54, 1.807) is 6.08 Å². The first-order chi connectivity index (χ1) is 4.66. The van der Waals surface area contributed by atoms with Crippen molar-refractivity contribution >= 4 is 17.7 Å². The lowest BCUT2D eigenvalue weighted by molar-refractivity contribution is -0.106. The second-order valence-electron chi connectivity index (χ2n) is 2.43. The van der Waals surface area contributed by atoms with Crippen LogP contribution in [0.5, 0.6) is 0 Å². The third kappa shape index (κ3) is 5.89. The Morgan fingerprint density at radius 3 is 2.60 bits per heavy atom. The van der Waals surface area contributed by atoms with Gasteiger partial charge in [-0.25, -0.2) is 0 Å². The Balaban J connectivity index is 3.60. The minimum absolute atomic E-state index is 0.145. The molecule has 0 atom stereocenters. The topological polar surface area (TPSA) is 17.1 Å². The van der Waals surface area contributed by atoms with Crippen LogP contribution in [0.25, 0.3) is 0 Å². The van der Waals surface area contributed by atoms with Crippen LogP contribution in [0.4, 0.5) is 0 Å². The van der Waals surface area contributed by atoms with E-state index in [4.69, 9.17) is 0 Å². The van der Waals surface area contributed by atoms with Crippen molar-refractivity contribution in [1.29, 1.82) is 0 Å². The maximum absolute atomic E-state index is 10.4. The normalized spacial score (nSPS) is 11.7. The summed E-state index contributed by atoms with van der Waals surface area (Å²) in [5.74, 6) is 0. The van der Waals surface area contributed by atoms with E-state index in [1.807, 2.05) is 6.92 Å². The third-order valence-corrected chi connectivity index (χ3v) is 1.42. The molecule has 0 aromatic heterocycles. The average Bonchev–Trinajstić information content (AvgIpc) is 1.82. The summed E-state index contributed by atoms with van der Waals surface area (Å²) in [6.45, 7) is 4.10. The highest BCUT2D eigenvalue weighted by Crippen LogP contribution is 2.05. The number of thiol groups is 1. The fourth-order valence-corrected chi connectivity index (χ4v) is 0.959. The molecule has 0 radical (unpaired) electrons. The van der Waals surface area contributed by atoms with Crippen molar-refractivity contribution in [1.82, 2.24) is 0 Å². The van der Waals surface area contributed by atoms with Gasteiger partial charge < -0.3 is 0 Å². The maximum atomic E-state index is 10.4. The van der Waals surface area contributed by atoms with Crippen LogP contribution in [-0.2, 0) is 4.79 Å². The van der Waals surface area contributed by atoms with Gasteiger partial charge in [-0.15, -0.1) is 12.6 Å². The molecule has 0 amide bonds. The minimum Gasteiger partial charge on any atom is -0.283 e. The van der Waals surface area contributed by atoms with Crippen LogP contribution < -0.4 is 0 Å². The van der Waals surface area contributed by atoms with Crippen molar-refractivity contribution in [2.75, 3.05) is 0 Å². The summed E-state index contributed by atoms with van der Waals surface area (Å²) < 4.78 is 0. The van der Waals surface area contributed by atoms with Crippen LogP contribution >= 0.6 is 12.6 Å². The van der Waals surface area contributed by atoms with Crippen LogP contribution in [-0.4, -0.2) is 5.12 Å². The predicted octanol–water partition coefficient (Wildman–Crippen LogP) is 2.58. The van der Waals surface area contributed by atoms with Gasteiger partial charge in [0.2, 0.25) is 5.12 Å². The van der Waals surface area contributed by atoms with Crippen molar-refractivity contribution in [2.45, 2.75) is 33.1 Å². The molecule has 0 saturated heterocycles. The molecule has 0 bridgehead atoms. The number of hydrogen-bond donors (Lipinski definition) is 1. The fraction of sp³-hybridized carbons (Fsp3) is 0.625. The maximum Gasteiger partial charge on any atom is 0.209 e. The second-order valence-corrected chi connectivity index (χ2v) is 2.87. The van der Waals surface area contributed by atoms with E-state index >= 15 is 0 Å². The molecule has 0 aromatic rings. The molecule has 0 spiro atoms. The monoisotopic (exact) mass is 158 g/mol. The lowest BCUT2D eigenvalue weighted by Crippen LogP contribution is -1.82. The number of carbonyl (C=O) groups excluding carboxylic acids is 1. The van der Waals surface area contributed by atoms with E-state index in [0.717, 1.165) is 18.4 Å². The van der Waals surface area contributed by atoms with Crippen LogP contribution in [0, 0.1) is 0 Å². The first-order valence-corrected chi connectivity index (χ1v) is 4.01. The summed E-state index contributed by atoms with van der Waals surface area (Å²) in [5, 5.41) is -0.145. The predicted molar refractivity (Wildman–Crippen MR) is 47.3 cm³/mol. The van der Waals surface area contributed by atoms with Crippen molar-refractivity contribution in [3.05, 3.63) is 11.6 Å². The largest absolute Gasteiger partial charge is 0.283 e. The Morgan fingerprint density at radius 2 is 2.20 bits per heavy atom. The molecule has 0 fully saturated rings. The molecule has 0 rings (SSSR count).